The summed E-state index contributed by atoms with van der Waals surface area (Å²) in [6.07, 6.45) is 5.30. The van der Waals surface area contributed by atoms with Gasteiger partial charge in [-0.05, 0) is 61.9 Å². The Kier molecular flexibility index (Phi) is 7.32. The van der Waals surface area contributed by atoms with Gasteiger partial charge in [-0.25, -0.2) is 14.1 Å². The van der Waals surface area contributed by atoms with E-state index in [1.54, 1.807) is 40.9 Å². The number of amides is 4. The van der Waals surface area contributed by atoms with Crippen molar-refractivity contribution in [2.75, 3.05) is 32.2 Å². The number of pyridine rings is 1. The van der Waals surface area contributed by atoms with Gasteiger partial charge < -0.3 is 19.5 Å². The van der Waals surface area contributed by atoms with Crippen LogP contribution in [0.4, 0.5) is 15.3 Å². The average molecular weight is 536 g/mol. The van der Waals surface area contributed by atoms with Gasteiger partial charge in [-0.15, -0.1) is 0 Å². The number of carboxylic acid groups (broad SMARTS) is 1. The third kappa shape index (κ3) is 5.21. The van der Waals surface area contributed by atoms with Gasteiger partial charge >= 0.3 is 12.1 Å². The third-order valence-corrected chi connectivity index (χ3v) is 7.75. The summed E-state index contributed by atoms with van der Waals surface area (Å²) >= 11 is 0. The SMILES string of the molecule is COc1ccc(CN2C(=O)CCN(c3cnn4ccc(CC5CCN(C(=O)O)C(C)C5)cc34)C2=O)c(OC)c1. The number of imide groups is 1. The molecule has 2 aliphatic heterocycles. The van der Waals surface area contributed by atoms with Crippen LogP contribution >= 0.6 is 0 Å². The number of rotatable bonds is 7. The fraction of sp³-hybridized carbons (Fsp3) is 0.429. The molecule has 3 aromatic rings. The Morgan fingerprint density at radius 1 is 1.13 bits per heavy atom. The molecular weight excluding hydrogens is 502 g/mol. The van der Waals surface area contributed by atoms with E-state index in [4.69, 9.17) is 9.47 Å². The van der Waals surface area contributed by atoms with E-state index in [0.717, 1.165) is 30.3 Å². The molecule has 1 aromatic carbocycles. The van der Waals surface area contributed by atoms with E-state index in [1.165, 1.54) is 16.9 Å². The highest BCUT2D eigenvalue weighted by Crippen LogP contribution is 2.31. The van der Waals surface area contributed by atoms with Crippen molar-refractivity contribution in [3.63, 3.8) is 0 Å². The fourth-order valence-electron chi connectivity index (χ4n) is 5.64. The van der Waals surface area contributed by atoms with Crippen LogP contribution in [0.2, 0.25) is 0 Å². The molecule has 0 aliphatic carbocycles. The molecule has 39 heavy (non-hydrogen) atoms. The molecule has 0 spiro atoms. The summed E-state index contributed by atoms with van der Waals surface area (Å²) < 4.78 is 12.5. The molecule has 0 saturated carbocycles. The molecular formula is C28H33N5O6. The number of aromatic nitrogens is 2. The number of nitrogens with zero attached hydrogens (tertiary/aromatic N) is 5. The maximum Gasteiger partial charge on any atom is 0.407 e. The van der Waals surface area contributed by atoms with Crippen molar-refractivity contribution in [3.05, 3.63) is 53.9 Å². The second-order valence-corrected chi connectivity index (χ2v) is 10.2. The number of hydrogen-bond acceptors (Lipinski definition) is 6. The molecule has 11 heteroatoms. The fourth-order valence-corrected chi connectivity index (χ4v) is 5.64. The average Bonchev–Trinajstić information content (AvgIpc) is 3.34. The highest BCUT2D eigenvalue weighted by Gasteiger charge is 2.35. The van der Waals surface area contributed by atoms with Crippen LogP contribution in [0, 0.1) is 5.92 Å². The number of urea groups is 1. The van der Waals surface area contributed by atoms with Gasteiger partial charge in [0, 0.05) is 43.4 Å². The summed E-state index contributed by atoms with van der Waals surface area (Å²) in [5.41, 5.74) is 3.24. The number of fused-ring (bicyclic) bond motifs is 1. The van der Waals surface area contributed by atoms with Gasteiger partial charge in [0.1, 0.15) is 11.5 Å². The maximum absolute atomic E-state index is 13.6. The number of carbonyl (C=O) groups excluding carboxylic acids is 2. The largest absolute Gasteiger partial charge is 0.497 e. The minimum Gasteiger partial charge on any atom is -0.497 e. The molecule has 0 bridgehead atoms. The predicted octanol–water partition coefficient (Wildman–Crippen LogP) is 4.03. The predicted molar refractivity (Wildman–Crippen MR) is 143 cm³/mol. The molecule has 11 nitrogen and oxygen atoms in total. The van der Waals surface area contributed by atoms with Gasteiger partial charge in [-0.1, -0.05) is 0 Å². The summed E-state index contributed by atoms with van der Waals surface area (Å²) in [5.74, 6) is 1.29. The Morgan fingerprint density at radius 2 is 1.95 bits per heavy atom. The van der Waals surface area contributed by atoms with Crippen molar-refractivity contribution < 1.29 is 29.0 Å². The van der Waals surface area contributed by atoms with Gasteiger partial charge in [0.2, 0.25) is 5.91 Å². The van der Waals surface area contributed by atoms with Crippen molar-refractivity contribution in [1.82, 2.24) is 19.4 Å². The Labute approximate surface area is 226 Å². The van der Waals surface area contributed by atoms with E-state index >= 15 is 0 Å². The van der Waals surface area contributed by atoms with Crippen molar-refractivity contribution in [2.24, 2.45) is 5.92 Å². The summed E-state index contributed by atoms with van der Waals surface area (Å²) in [5, 5.41) is 13.8. The third-order valence-electron chi connectivity index (χ3n) is 7.75. The molecule has 2 saturated heterocycles. The Hall–Kier alpha value is -4.28. The highest BCUT2D eigenvalue weighted by atomic mass is 16.5. The molecule has 1 N–H and O–H groups in total. The quantitative estimate of drug-likeness (QED) is 0.485. The monoisotopic (exact) mass is 535 g/mol. The molecule has 2 aromatic heterocycles. The Balaban J connectivity index is 1.36. The number of ether oxygens (including phenoxy) is 2. The topological polar surface area (TPSA) is 117 Å². The lowest BCUT2D eigenvalue weighted by Crippen LogP contribution is -2.52. The lowest BCUT2D eigenvalue weighted by molar-refractivity contribution is -0.129. The van der Waals surface area contributed by atoms with E-state index in [2.05, 4.69) is 5.10 Å². The molecule has 2 unspecified atom stereocenters. The van der Waals surface area contributed by atoms with Crippen LogP contribution in [-0.4, -0.2) is 75.9 Å². The molecule has 5 rings (SSSR count). The standard InChI is InChI=1S/C28H33N5O6/c1-18-12-19(6-9-30(18)28(36)37)13-20-7-11-33-23(14-20)24(16-29-33)31-10-8-26(34)32(27(31)35)17-21-4-5-22(38-2)15-25(21)39-3/h4-5,7,11,14-16,18-19H,6,8-10,12-13,17H2,1-3H3,(H,36,37). The number of carbonyl (C=O) groups is 3. The number of likely N-dealkylation sites (tertiary alicyclic amines) is 1. The summed E-state index contributed by atoms with van der Waals surface area (Å²) in [6, 6.07) is 8.92. The van der Waals surface area contributed by atoms with Crippen molar-refractivity contribution >= 4 is 29.2 Å². The highest BCUT2D eigenvalue weighted by molar-refractivity contribution is 6.07. The van der Waals surface area contributed by atoms with E-state index in [1.807, 2.05) is 25.3 Å². The normalized spacial score (nSPS) is 20.0. The summed E-state index contributed by atoms with van der Waals surface area (Å²) in [4.78, 5) is 42.2. The molecule has 2 atom stereocenters. The molecule has 0 radical (unpaired) electrons. The molecule has 2 fully saturated rings. The molecule has 4 amide bonds. The van der Waals surface area contributed by atoms with Crippen LogP contribution in [0.25, 0.3) is 5.52 Å². The van der Waals surface area contributed by atoms with Gasteiger partial charge in [0.15, 0.2) is 0 Å². The number of anilines is 1. The van der Waals surface area contributed by atoms with Gasteiger partial charge in [0.05, 0.1) is 38.2 Å². The first-order chi connectivity index (χ1) is 18.8. The Bertz CT molecular complexity index is 1400. The molecule has 4 heterocycles. The zero-order valence-electron chi connectivity index (χ0n) is 22.4. The van der Waals surface area contributed by atoms with Crippen LogP contribution in [-0.2, 0) is 17.8 Å². The zero-order chi connectivity index (χ0) is 27.7. The smallest absolute Gasteiger partial charge is 0.407 e. The summed E-state index contributed by atoms with van der Waals surface area (Å²) in [6.45, 7) is 2.84. The minimum atomic E-state index is -0.865. The van der Waals surface area contributed by atoms with E-state index in [0.29, 0.717) is 35.2 Å². The number of piperidine rings is 1. The number of benzene rings is 1. The van der Waals surface area contributed by atoms with Gasteiger partial charge in [-0.3, -0.25) is 14.6 Å². The van der Waals surface area contributed by atoms with Crippen LogP contribution < -0.4 is 14.4 Å². The van der Waals surface area contributed by atoms with Crippen molar-refractivity contribution in [3.8, 4) is 11.5 Å². The van der Waals surface area contributed by atoms with Gasteiger partial charge in [-0.2, -0.15) is 5.10 Å². The van der Waals surface area contributed by atoms with Crippen LogP contribution in [0.5, 0.6) is 11.5 Å². The minimum absolute atomic E-state index is 0.0191. The molecule has 2 aliphatic rings. The van der Waals surface area contributed by atoms with Gasteiger partial charge in [0.25, 0.3) is 0 Å². The van der Waals surface area contributed by atoms with E-state index in [-0.39, 0.29) is 31.5 Å². The van der Waals surface area contributed by atoms with Crippen LogP contribution in [0.1, 0.15) is 37.3 Å². The second kappa shape index (κ2) is 10.8. The Morgan fingerprint density at radius 3 is 2.67 bits per heavy atom. The second-order valence-electron chi connectivity index (χ2n) is 10.2. The number of methoxy groups -OCH3 is 2. The maximum atomic E-state index is 13.6. The van der Waals surface area contributed by atoms with Crippen molar-refractivity contribution in [1.29, 1.82) is 0 Å². The first-order valence-corrected chi connectivity index (χ1v) is 13.1. The first kappa shape index (κ1) is 26.3. The number of hydrogen-bond donors (Lipinski definition) is 1. The summed E-state index contributed by atoms with van der Waals surface area (Å²) in [7, 11) is 3.10. The first-order valence-electron chi connectivity index (χ1n) is 13.1. The van der Waals surface area contributed by atoms with E-state index in [9.17, 15) is 19.5 Å². The zero-order valence-corrected chi connectivity index (χ0v) is 22.4. The van der Waals surface area contributed by atoms with Crippen molar-refractivity contribution in [2.45, 2.75) is 45.2 Å². The lowest BCUT2D eigenvalue weighted by Gasteiger charge is -2.36. The van der Waals surface area contributed by atoms with Crippen LogP contribution in [0.3, 0.4) is 0 Å². The van der Waals surface area contributed by atoms with Crippen LogP contribution in [0.15, 0.2) is 42.7 Å². The lowest BCUT2D eigenvalue weighted by atomic mass is 9.87. The van der Waals surface area contributed by atoms with E-state index < -0.39 is 12.1 Å². The molecule has 206 valence electrons.